The Morgan fingerprint density at radius 2 is 0.649 bits per heavy atom. The van der Waals surface area contributed by atoms with Crippen molar-refractivity contribution in [3.63, 3.8) is 0 Å². The molecule has 1 aliphatic rings. The van der Waals surface area contributed by atoms with E-state index in [1.165, 1.54) is 39.1 Å². The van der Waals surface area contributed by atoms with Crippen LogP contribution in [-0.4, -0.2) is 0 Å². The molecule has 0 aromatic heterocycles. The van der Waals surface area contributed by atoms with Gasteiger partial charge in [-0.3, -0.25) is 0 Å². The summed E-state index contributed by atoms with van der Waals surface area (Å²) in [6.45, 7) is 0. The van der Waals surface area contributed by atoms with Crippen molar-refractivity contribution in [2.45, 2.75) is 5.41 Å². The van der Waals surface area contributed by atoms with Crippen molar-refractivity contribution in [2.24, 2.45) is 0 Å². The van der Waals surface area contributed by atoms with Crippen LogP contribution in [0.3, 0.4) is 0 Å². The summed E-state index contributed by atoms with van der Waals surface area (Å²) in [6.07, 6.45) is 0. The molecule has 0 saturated carbocycles. The van der Waals surface area contributed by atoms with Gasteiger partial charge in [0.2, 0.25) is 0 Å². The van der Waals surface area contributed by atoms with Gasteiger partial charge in [-0.05, 0) is 117 Å². The monoisotopic (exact) mass is 728 g/mol. The molecule has 0 amide bonds. The standard InChI is InChI=1S/C55H40N2/c1-7-19-41(20-8-1)43-33-37-53-51(39-43)55(45-21-9-2-10-22-45,46-23-11-3-12-24-46)52-40-44(34-38-54(52)57(53)49-29-17-6-18-30-49)42-31-35-50(36-32-42)56(47-25-13-4-14-26-47)48-27-15-5-16-28-48/h1-40H. The molecule has 0 atom stereocenters. The summed E-state index contributed by atoms with van der Waals surface area (Å²) in [5, 5.41) is 0. The molecular weight excluding hydrogens is 689 g/mol. The molecule has 57 heavy (non-hydrogen) atoms. The number of anilines is 6. The molecular formula is C55H40N2. The molecule has 2 heteroatoms. The first-order valence-corrected chi connectivity index (χ1v) is 19.6. The van der Waals surface area contributed by atoms with Gasteiger partial charge in [0.15, 0.2) is 0 Å². The second-order valence-corrected chi connectivity index (χ2v) is 14.5. The highest BCUT2D eigenvalue weighted by atomic mass is 15.2. The quantitative estimate of drug-likeness (QED) is 0.154. The highest BCUT2D eigenvalue weighted by molar-refractivity contribution is 5.92. The molecule has 1 heterocycles. The number of para-hydroxylation sites is 3. The molecule has 0 unspecified atom stereocenters. The van der Waals surface area contributed by atoms with Gasteiger partial charge in [-0.25, -0.2) is 0 Å². The van der Waals surface area contributed by atoms with Gasteiger partial charge in [0, 0.05) is 22.7 Å². The van der Waals surface area contributed by atoms with Crippen LogP contribution in [-0.2, 0) is 5.41 Å². The van der Waals surface area contributed by atoms with E-state index in [0.29, 0.717) is 0 Å². The molecule has 2 nitrogen and oxygen atoms in total. The molecule has 0 N–H and O–H groups in total. The minimum Gasteiger partial charge on any atom is -0.311 e. The molecule has 9 aromatic carbocycles. The van der Waals surface area contributed by atoms with E-state index in [0.717, 1.165) is 39.6 Å². The van der Waals surface area contributed by atoms with Gasteiger partial charge in [0.05, 0.1) is 16.8 Å². The van der Waals surface area contributed by atoms with Crippen LogP contribution in [0.5, 0.6) is 0 Å². The average molecular weight is 729 g/mol. The molecule has 0 saturated heterocycles. The van der Waals surface area contributed by atoms with Crippen LogP contribution >= 0.6 is 0 Å². The lowest BCUT2D eigenvalue weighted by atomic mass is 9.62. The predicted molar refractivity (Wildman–Crippen MR) is 239 cm³/mol. The van der Waals surface area contributed by atoms with Gasteiger partial charge in [0.25, 0.3) is 0 Å². The molecule has 10 rings (SSSR count). The fourth-order valence-electron chi connectivity index (χ4n) is 8.75. The lowest BCUT2D eigenvalue weighted by Gasteiger charge is -2.47. The lowest BCUT2D eigenvalue weighted by molar-refractivity contribution is 0.732. The fraction of sp³-hybridized carbons (Fsp3) is 0.0182. The largest absolute Gasteiger partial charge is 0.311 e. The first-order valence-electron chi connectivity index (χ1n) is 19.6. The summed E-state index contributed by atoms with van der Waals surface area (Å²) < 4.78 is 0. The average Bonchev–Trinajstić information content (AvgIpc) is 3.30. The summed E-state index contributed by atoms with van der Waals surface area (Å²) in [6, 6.07) is 88.0. The third-order valence-electron chi connectivity index (χ3n) is 11.3. The van der Waals surface area contributed by atoms with Gasteiger partial charge < -0.3 is 9.80 Å². The smallest absolute Gasteiger partial charge is 0.0742 e. The SMILES string of the molecule is c1ccc(-c2ccc3c(c2)C(c2ccccc2)(c2ccccc2)c2cc(-c4ccc(N(c5ccccc5)c5ccccc5)cc4)ccc2N3c2ccccc2)cc1. The number of rotatable bonds is 8. The predicted octanol–water partition coefficient (Wildman–Crippen LogP) is 14.7. The third kappa shape index (κ3) is 6.00. The van der Waals surface area contributed by atoms with E-state index in [4.69, 9.17) is 0 Å². The van der Waals surface area contributed by atoms with Gasteiger partial charge in [-0.15, -0.1) is 0 Å². The highest BCUT2D eigenvalue weighted by Gasteiger charge is 2.46. The summed E-state index contributed by atoms with van der Waals surface area (Å²) in [5.74, 6) is 0. The number of fused-ring (bicyclic) bond motifs is 2. The van der Waals surface area contributed by atoms with Crippen molar-refractivity contribution in [2.75, 3.05) is 9.80 Å². The van der Waals surface area contributed by atoms with Crippen LogP contribution in [0.15, 0.2) is 243 Å². The Hall–Kier alpha value is -7.42. The third-order valence-corrected chi connectivity index (χ3v) is 11.3. The van der Waals surface area contributed by atoms with Crippen LogP contribution in [0.4, 0.5) is 34.1 Å². The van der Waals surface area contributed by atoms with Crippen LogP contribution in [0.25, 0.3) is 22.3 Å². The lowest BCUT2D eigenvalue weighted by Crippen LogP contribution is -2.37. The topological polar surface area (TPSA) is 6.48 Å². The minimum atomic E-state index is -0.628. The zero-order valence-electron chi connectivity index (χ0n) is 31.5. The Bertz CT molecular complexity index is 2670. The van der Waals surface area contributed by atoms with E-state index in [9.17, 15) is 0 Å². The second kappa shape index (κ2) is 14.7. The van der Waals surface area contributed by atoms with E-state index in [-0.39, 0.29) is 0 Å². The maximum atomic E-state index is 2.45. The minimum absolute atomic E-state index is 0.628. The molecule has 1 aliphatic heterocycles. The summed E-state index contributed by atoms with van der Waals surface area (Å²) in [7, 11) is 0. The van der Waals surface area contributed by atoms with E-state index in [1.54, 1.807) is 0 Å². The van der Waals surface area contributed by atoms with Crippen molar-refractivity contribution >= 4 is 34.1 Å². The summed E-state index contributed by atoms with van der Waals surface area (Å²) >= 11 is 0. The van der Waals surface area contributed by atoms with Crippen LogP contribution < -0.4 is 9.80 Å². The number of nitrogens with zero attached hydrogens (tertiary/aromatic N) is 2. The molecule has 0 aliphatic carbocycles. The number of hydrogen-bond donors (Lipinski definition) is 0. The number of hydrogen-bond acceptors (Lipinski definition) is 2. The Morgan fingerprint density at radius 1 is 0.298 bits per heavy atom. The molecule has 0 spiro atoms. The number of benzene rings is 9. The zero-order chi connectivity index (χ0) is 38.0. The summed E-state index contributed by atoms with van der Waals surface area (Å²) in [5.41, 5.74) is 15.8. The van der Waals surface area contributed by atoms with Crippen molar-refractivity contribution in [1.29, 1.82) is 0 Å². The molecule has 0 radical (unpaired) electrons. The molecule has 0 fully saturated rings. The van der Waals surface area contributed by atoms with Crippen LogP contribution in [0, 0.1) is 0 Å². The van der Waals surface area contributed by atoms with Gasteiger partial charge in [0.1, 0.15) is 0 Å². The van der Waals surface area contributed by atoms with E-state index >= 15 is 0 Å². The first kappa shape index (κ1) is 34.1. The van der Waals surface area contributed by atoms with Gasteiger partial charge >= 0.3 is 0 Å². The Balaban J connectivity index is 1.22. The van der Waals surface area contributed by atoms with Gasteiger partial charge in [-0.2, -0.15) is 0 Å². The van der Waals surface area contributed by atoms with E-state index < -0.39 is 5.41 Å². The van der Waals surface area contributed by atoms with Gasteiger partial charge in [-0.1, -0.05) is 170 Å². The summed E-state index contributed by atoms with van der Waals surface area (Å²) in [4.78, 5) is 4.76. The van der Waals surface area contributed by atoms with Crippen molar-refractivity contribution in [3.05, 3.63) is 265 Å². The Labute approximate surface area is 335 Å². The van der Waals surface area contributed by atoms with Crippen molar-refractivity contribution in [1.82, 2.24) is 0 Å². The highest BCUT2D eigenvalue weighted by Crippen LogP contribution is 2.59. The Morgan fingerprint density at radius 3 is 1.11 bits per heavy atom. The van der Waals surface area contributed by atoms with Crippen LogP contribution in [0.2, 0.25) is 0 Å². The maximum absolute atomic E-state index is 2.45. The van der Waals surface area contributed by atoms with Crippen LogP contribution in [0.1, 0.15) is 22.3 Å². The second-order valence-electron chi connectivity index (χ2n) is 14.5. The Kier molecular flexibility index (Phi) is 8.78. The normalized spacial score (nSPS) is 12.7. The van der Waals surface area contributed by atoms with Crippen molar-refractivity contribution in [3.8, 4) is 22.3 Å². The molecule has 0 bridgehead atoms. The van der Waals surface area contributed by atoms with Crippen molar-refractivity contribution < 1.29 is 0 Å². The molecule has 270 valence electrons. The fourth-order valence-corrected chi connectivity index (χ4v) is 8.75. The maximum Gasteiger partial charge on any atom is 0.0742 e. The zero-order valence-corrected chi connectivity index (χ0v) is 31.5. The first-order chi connectivity index (χ1) is 28.3. The van der Waals surface area contributed by atoms with E-state index in [2.05, 4.69) is 252 Å². The molecule has 9 aromatic rings. The van der Waals surface area contributed by atoms with E-state index in [1.807, 2.05) is 0 Å².